The number of aromatic nitrogens is 2. The summed E-state index contributed by atoms with van der Waals surface area (Å²) >= 11 is 1.48. The third-order valence-corrected chi connectivity index (χ3v) is 5.63. The van der Waals surface area contributed by atoms with Crippen molar-refractivity contribution in [3.63, 3.8) is 0 Å². The Bertz CT molecular complexity index is 1120. The molecule has 1 N–H and O–H groups in total. The number of anilines is 1. The minimum Gasteiger partial charge on any atom is -0.298 e. The van der Waals surface area contributed by atoms with Gasteiger partial charge in [-0.15, -0.1) is 0 Å². The zero-order chi connectivity index (χ0) is 19.5. The summed E-state index contributed by atoms with van der Waals surface area (Å²) in [5, 5.41) is 3.50. The Labute approximate surface area is 167 Å². The van der Waals surface area contributed by atoms with E-state index >= 15 is 0 Å². The summed E-state index contributed by atoms with van der Waals surface area (Å²) in [6.45, 7) is 4.19. The van der Waals surface area contributed by atoms with Crippen molar-refractivity contribution >= 4 is 22.4 Å². The highest BCUT2D eigenvalue weighted by Gasteiger charge is 2.17. The molecule has 0 spiro atoms. The molecule has 4 aromatic rings. The molecule has 0 radical (unpaired) electrons. The maximum Gasteiger partial charge on any atom is 0.257 e. The number of benzene rings is 2. The van der Waals surface area contributed by atoms with Gasteiger partial charge in [-0.3, -0.25) is 15.1 Å². The summed E-state index contributed by atoms with van der Waals surface area (Å²) in [6.07, 6.45) is 3.21. The molecule has 0 saturated heterocycles. The fraction of sp³-hybridized carbons (Fsp3) is 0.0870. The van der Waals surface area contributed by atoms with Crippen molar-refractivity contribution in [2.45, 2.75) is 13.8 Å². The van der Waals surface area contributed by atoms with Crippen molar-refractivity contribution in [1.29, 1.82) is 0 Å². The third-order valence-electron chi connectivity index (χ3n) is 4.61. The van der Waals surface area contributed by atoms with Crippen LogP contribution in [0.5, 0.6) is 0 Å². The molecule has 0 unspecified atom stereocenters. The number of nitrogens with one attached hydrogen (secondary N) is 1. The molecule has 0 atom stereocenters. The monoisotopic (exact) mass is 385 g/mol. The van der Waals surface area contributed by atoms with Crippen LogP contribution in [-0.4, -0.2) is 15.9 Å². The molecule has 28 heavy (non-hydrogen) atoms. The predicted molar refractivity (Wildman–Crippen MR) is 115 cm³/mol. The van der Waals surface area contributed by atoms with E-state index in [-0.39, 0.29) is 5.91 Å². The first-order valence-corrected chi connectivity index (χ1v) is 9.79. The molecular weight excluding hydrogens is 366 g/mol. The lowest BCUT2D eigenvalue weighted by Crippen LogP contribution is -2.11. The number of carbonyl (C=O) groups is 1. The fourth-order valence-electron chi connectivity index (χ4n) is 2.92. The first-order chi connectivity index (χ1) is 13.6. The molecule has 0 saturated carbocycles. The second-order valence-electron chi connectivity index (χ2n) is 6.55. The van der Waals surface area contributed by atoms with Crippen LogP contribution in [0.4, 0.5) is 5.13 Å². The smallest absolute Gasteiger partial charge is 0.257 e. The summed E-state index contributed by atoms with van der Waals surface area (Å²) in [5.41, 5.74) is 6.02. The molecule has 2 aromatic carbocycles. The fourth-order valence-corrected chi connectivity index (χ4v) is 3.90. The van der Waals surface area contributed by atoms with E-state index in [2.05, 4.69) is 54.5 Å². The van der Waals surface area contributed by atoms with Gasteiger partial charge in [0.2, 0.25) is 0 Å². The highest BCUT2D eigenvalue weighted by atomic mass is 32.1. The molecule has 0 aliphatic carbocycles. The number of pyridine rings is 1. The molecular formula is C23H19N3OS. The number of hydrogen-bond donors (Lipinski definition) is 1. The molecule has 2 aromatic heterocycles. The van der Waals surface area contributed by atoms with E-state index in [4.69, 9.17) is 4.98 Å². The Morgan fingerprint density at radius 3 is 2.36 bits per heavy atom. The molecule has 0 aliphatic rings. The van der Waals surface area contributed by atoms with Crippen LogP contribution in [0.25, 0.3) is 21.7 Å². The molecule has 4 rings (SSSR count). The number of carbonyl (C=O) groups excluding carboxylic acids is 1. The molecule has 5 heteroatoms. The van der Waals surface area contributed by atoms with Gasteiger partial charge in [0.1, 0.15) is 0 Å². The highest BCUT2D eigenvalue weighted by molar-refractivity contribution is 7.19. The Balaban J connectivity index is 1.76. The lowest BCUT2D eigenvalue weighted by atomic mass is 10.0. The van der Waals surface area contributed by atoms with Crippen LogP contribution in [-0.2, 0) is 0 Å². The van der Waals surface area contributed by atoms with Crippen molar-refractivity contribution in [2.24, 2.45) is 0 Å². The van der Waals surface area contributed by atoms with E-state index in [0.717, 1.165) is 21.7 Å². The van der Waals surface area contributed by atoms with Crippen molar-refractivity contribution in [2.75, 3.05) is 5.32 Å². The van der Waals surface area contributed by atoms with Crippen molar-refractivity contribution in [3.05, 3.63) is 89.7 Å². The van der Waals surface area contributed by atoms with E-state index in [1.807, 2.05) is 18.2 Å². The van der Waals surface area contributed by atoms with Crippen LogP contribution in [0, 0.1) is 13.8 Å². The lowest BCUT2D eigenvalue weighted by Gasteiger charge is -2.06. The summed E-state index contributed by atoms with van der Waals surface area (Å²) in [7, 11) is 0. The molecule has 0 fully saturated rings. The van der Waals surface area contributed by atoms with E-state index in [0.29, 0.717) is 10.7 Å². The third kappa shape index (κ3) is 3.70. The van der Waals surface area contributed by atoms with Gasteiger partial charge in [-0.2, -0.15) is 0 Å². The number of amides is 1. The SMILES string of the molecule is Cc1ccc(-c2nc(NC(=O)c3ccncc3)sc2-c2ccccc2)cc1C. The van der Waals surface area contributed by atoms with Gasteiger partial charge < -0.3 is 0 Å². The van der Waals surface area contributed by atoms with Gasteiger partial charge in [-0.05, 0) is 48.7 Å². The first kappa shape index (κ1) is 18.1. The molecule has 4 nitrogen and oxygen atoms in total. The average Bonchev–Trinajstić information content (AvgIpc) is 3.15. The Morgan fingerprint density at radius 2 is 1.64 bits per heavy atom. The Morgan fingerprint density at radius 1 is 0.893 bits per heavy atom. The summed E-state index contributed by atoms with van der Waals surface area (Å²) < 4.78 is 0. The molecule has 0 bridgehead atoms. The van der Waals surface area contributed by atoms with Gasteiger partial charge in [0.25, 0.3) is 5.91 Å². The minimum atomic E-state index is -0.192. The second kappa shape index (κ2) is 7.74. The summed E-state index contributed by atoms with van der Waals surface area (Å²) in [4.78, 5) is 22.3. The highest BCUT2D eigenvalue weighted by Crippen LogP contribution is 2.39. The lowest BCUT2D eigenvalue weighted by molar-refractivity contribution is 0.102. The Kier molecular flexibility index (Phi) is 5.00. The topological polar surface area (TPSA) is 54.9 Å². The number of rotatable bonds is 4. The van der Waals surface area contributed by atoms with E-state index in [1.54, 1.807) is 24.5 Å². The van der Waals surface area contributed by atoms with Gasteiger partial charge in [-0.1, -0.05) is 53.8 Å². The number of nitrogens with zero attached hydrogens (tertiary/aromatic N) is 2. The number of hydrogen-bond acceptors (Lipinski definition) is 4. The molecule has 1 amide bonds. The maximum absolute atomic E-state index is 12.5. The van der Waals surface area contributed by atoms with Gasteiger partial charge in [0.05, 0.1) is 10.6 Å². The largest absolute Gasteiger partial charge is 0.298 e. The average molecular weight is 385 g/mol. The summed E-state index contributed by atoms with van der Waals surface area (Å²) in [6, 6.07) is 19.8. The standard InChI is InChI=1S/C23H19N3OS/c1-15-8-9-19(14-16(15)2)20-21(17-6-4-3-5-7-17)28-23(25-20)26-22(27)18-10-12-24-13-11-18/h3-14H,1-2H3,(H,25,26,27). The predicted octanol–water partition coefficient (Wildman–Crippen LogP) is 5.74. The summed E-state index contributed by atoms with van der Waals surface area (Å²) in [5.74, 6) is -0.192. The first-order valence-electron chi connectivity index (χ1n) is 8.97. The number of thiazole rings is 1. The van der Waals surface area contributed by atoms with Gasteiger partial charge in [-0.25, -0.2) is 4.98 Å². The van der Waals surface area contributed by atoms with Crippen LogP contribution < -0.4 is 5.32 Å². The van der Waals surface area contributed by atoms with Crippen LogP contribution in [0.1, 0.15) is 21.5 Å². The van der Waals surface area contributed by atoms with Crippen LogP contribution in [0.15, 0.2) is 73.1 Å². The Hall–Kier alpha value is -3.31. The number of aryl methyl sites for hydroxylation is 2. The van der Waals surface area contributed by atoms with Crippen LogP contribution in [0.2, 0.25) is 0 Å². The molecule has 0 aliphatic heterocycles. The van der Waals surface area contributed by atoms with E-state index in [1.165, 1.54) is 22.5 Å². The molecule has 2 heterocycles. The normalized spacial score (nSPS) is 10.6. The van der Waals surface area contributed by atoms with Crippen LogP contribution in [0.3, 0.4) is 0 Å². The van der Waals surface area contributed by atoms with Gasteiger partial charge in [0, 0.05) is 23.5 Å². The van der Waals surface area contributed by atoms with Gasteiger partial charge in [0.15, 0.2) is 5.13 Å². The zero-order valence-corrected chi connectivity index (χ0v) is 16.5. The van der Waals surface area contributed by atoms with E-state index in [9.17, 15) is 4.79 Å². The van der Waals surface area contributed by atoms with Crippen molar-refractivity contribution < 1.29 is 4.79 Å². The minimum absolute atomic E-state index is 0.192. The molecule has 138 valence electrons. The van der Waals surface area contributed by atoms with Gasteiger partial charge >= 0.3 is 0 Å². The maximum atomic E-state index is 12.5. The van der Waals surface area contributed by atoms with Crippen LogP contribution >= 0.6 is 11.3 Å². The van der Waals surface area contributed by atoms with Crippen molar-refractivity contribution in [3.8, 4) is 21.7 Å². The van der Waals surface area contributed by atoms with E-state index < -0.39 is 0 Å². The second-order valence-corrected chi connectivity index (χ2v) is 7.55. The van der Waals surface area contributed by atoms with Crippen molar-refractivity contribution in [1.82, 2.24) is 9.97 Å². The zero-order valence-electron chi connectivity index (χ0n) is 15.6. The quantitative estimate of drug-likeness (QED) is 0.487.